The Labute approximate surface area is 87.1 Å². The number of pyridine rings is 1. The standard InChI is InChI=1S/C8H2ClF3N2O/c9-7(15)5-4(1-13)14-2-3(6(5)10)8(11)12/h2,8H. The number of nitriles is 1. The van der Waals surface area contributed by atoms with Crippen LogP contribution in [0, 0.1) is 17.1 Å². The Kier molecular flexibility index (Phi) is 3.27. The molecule has 0 bridgehead atoms. The molecule has 0 saturated carbocycles. The number of halogens is 4. The van der Waals surface area contributed by atoms with Crippen LogP contribution in [0.1, 0.15) is 28.0 Å². The number of hydrogen-bond acceptors (Lipinski definition) is 3. The van der Waals surface area contributed by atoms with E-state index in [-0.39, 0.29) is 0 Å². The van der Waals surface area contributed by atoms with Crippen molar-refractivity contribution in [2.24, 2.45) is 0 Å². The number of carbonyl (C=O) groups excluding carboxylic acids is 1. The molecule has 1 aromatic rings. The highest BCUT2D eigenvalue weighted by Crippen LogP contribution is 2.25. The maximum atomic E-state index is 13.2. The summed E-state index contributed by atoms with van der Waals surface area (Å²) in [6, 6.07) is 1.38. The van der Waals surface area contributed by atoms with Gasteiger partial charge < -0.3 is 0 Å². The third-order valence-corrected chi connectivity index (χ3v) is 1.77. The van der Waals surface area contributed by atoms with E-state index < -0.39 is 34.3 Å². The molecule has 0 aliphatic heterocycles. The molecule has 0 aliphatic rings. The van der Waals surface area contributed by atoms with Gasteiger partial charge in [-0.05, 0) is 11.6 Å². The number of carbonyl (C=O) groups is 1. The van der Waals surface area contributed by atoms with Crippen molar-refractivity contribution in [1.82, 2.24) is 4.98 Å². The molecular formula is C8H2ClF3N2O. The SMILES string of the molecule is N#Cc1ncc(C(F)F)c(F)c1C(=O)Cl. The van der Waals surface area contributed by atoms with Gasteiger partial charge in [0.15, 0.2) is 5.69 Å². The fourth-order valence-corrected chi connectivity index (χ4v) is 1.09. The lowest BCUT2D eigenvalue weighted by atomic mass is 10.1. The lowest BCUT2D eigenvalue weighted by Gasteiger charge is -2.04. The molecule has 1 aromatic heterocycles. The maximum Gasteiger partial charge on any atom is 0.268 e. The molecule has 0 saturated heterocycles. The van der Waals surface area contributed by atoms with Gasteiger partial charge in [0.05, 0.1) is 5.56 Å². The summed E-state index contributed by atoms with van der Waals surface area (Å²) in [5.74, 6) is -1.50. The third kappa shape index (κ3) is 2.07. The topological polar surface area (TPSA) is 53.8 Å². The molecule has 0 atom stereocenters. The van der Waals surface area contributed by atoms with Crippen molar-refractivity contribution >= 4 is 16.8 Å². The average molecular weight is 235 g/mol. The summed E-state index contributed by atoms with van der Waals surface area (Å²) >= 11 is 4.95. The fraction of sp³-hybridized carbons (Fsp3) is 0.125. The molecular weight excluding hydrogens is 233 g/mol. The predicted octanol–water partition coefficient (Wildman–Crippen LogP) is 2.41. The monoisotopic (exact) mass is 234 g/mol. The lowest BCUT2D eigenvalue weighted by molar-refractivity contribution is 0.107. The molecule has 1 heterocycles. The Morgan fingerprint density at radius 3 is 2.60 bits per heavy atom. The van der Waals surface area contributed by atoms with Crippen LogP contribution in [0.25, 0.3) is 0 Å². The largest absolute Gasteiger partial charge is 0.275 e. The Morgan fingerprint density at radius 1 is 1.60 bits per heavy atom. The van der Waals surface area contributed by atoms with Crippen molar-refractivity contribution in [2.45, 2.75) is 6.43 Å². The van der Waals surface area contributed by atoms with Gasteiger partial charge in [-0.1, -0.05) is 0 Å². The first kappa shape index (κ1) is 11.5. The van der Waals surface area contributed by atoms with Crippen LogP contribution in [0.5, 0.6) is 0 Å². The van der Waals surface area contributed by atoms with E-state index in [1.165, 1.54) is 6.07 Å². The third-order valence-electron chi connectivity index (χ3n) is 1.58. The molecule has 3 nitrogen and oxygen atoms in total. The Morgan fingerprint density at radius 2 is 2.20 bits per heavy atom. The van der Waals surface area contributed by atoms with Gasteiger partial charge in [0.25, 0.3) is 11.7 Å². The van der Waals surface area contributed by atoms with Gasteiger partial charge >= 0.3 is 0 Å². The Balaban J connectivity index is 3.51. The van der Waals surface area contributed by atoms with Crippen LogP contribution in [0.2, 0.25) is 0 Å². The smallest absolute Gasteiger partial charge is 0.268 e. The minimum absolute atomic E-state index is 0.502. The van der Waals surface area contributed by atoms with Crippen molar-refractivity contribution in [3.8, 4) is 6.07 Å². The molecule has 1 rings (SSSR count). The van der Waals surface area contributed by atoms with Gasteiger partial charge in [-0.15, -0.1) is 0 Å². The van der Waals surface area contributed by atoms with Gasteiger partial charge in [-0.2, -0.15) is 5.26 Å². The van der Waals surface area contributed by atoms with Crippen LogP contribution in [-0.2, 0) is 0 Å². The molecule has 7 heteroatoms. The van der Waals surface area contributed by atoms with Crippen LogP contribution in [0.3, 0.4) is 0 Å². The first-order valence-electron chi connectivity index (χ1n) is 3.55. The number of rotatable bonds is 2. The summed E-state index contributed by atoms with van der Waals surface area (Å²) in [6.45, 7) is 0. The summed E-state index contributed by atoms with van der Waals surface area (Å²) in [4.78, 5) is 13.9. The Bertz CT molecular complexity index is 456. The number of hydrogen-bond donors (Lipinski definition) is 0. The van der Waals surface area contributed by atoms with Crippen LogP contribution >= 0.6 is 11.6 Å². The molecule has 0 spiro atoms. The second-order valence-electron chi connectivity index (χ2n) is 2.44. The first-order chi connectivity index (χ1) is 6.99. The molecule has 0 aromatic carbocycles. The van der Waals surface area contributed by atoms with Crippen LogP contribution in [-0.4, -0.2) is 10.2 Å². The molecule has 0 unspecified atom stereocenters. The van der Waals surface area contributed by atoms with E-state index in [0.717, 1.165) is 0 Å². The molecule has 78 valence electrons. The number of nitrogens with zero attached hydrogens (tertiary/aromatic N) is 2. The zero-order valence-corrected chi connectivity index (χ0v) is 7.73. The average Bonchev–Trinajstić information content (AvgIpc) is 2.15. The summed E-state index contributed by atoms with van der Waals surface area (Å²) < 4.78 is 37.6. The Hall–Kier alpha value is -1.61. The molecule has 0 radical (unpaired) electrons. The quantitative estimate of drug-likeness (QED) is 0.739. The van der Waals surface area contributed by atoms with Gasteiger partial charge in [0, 0.05) is 6.20 Å². The van der Waals surface area contributed by atoms with Gasteiger partial charge in [-0.25, -0.2) is 18.2 Å². The van der Waals surface area contributed by atoms with E-state index in [9.17, 15) is 18.0 Å². The maximum absolute atomic E-state index is 13.2. The summed E-state index contributed by atoms with van der Waals surface area (Å²) in [5.41, 5.74) is -2.59. The normalized spacial score (nSPS) is 10.1. The molecule has 0 N–H and O–H groups in total. The van der Waals surface area contributed by atoms with E-state index in [1.54, 1.807) is 0 Å². The summed E-state index contributed by atoms with van der Waals surface area (Å²) in [6.07, 6.45) is -2.62. The highest BCUT2D eigenvalue weighted by molar-refractivity contribution is 6.68. The predicted molar refractivity (Wildman–Crippen MR) is 44.1 cm³/mol. The van der Waals surface area contributed by atoms with E-state index in [2.05, 4.69) is 4.98 Å². The fourth-order valence-electron chi connectivity index (χ4n) is 0.920. The van der Waals surface area contributed by atoms with E-state index in [4.69, 9.17) is 16.9 Å². The summed E-state index contributed by atoms with van der Waals surface area (Å²) in [5, 5.41) is 7.11. The van der Waals surface area contributed by atoms with Gasteiger partial charge in [0.2, 0.25) is 0 Å². The van der Waals surface area contributed by atoms with Crippen molar-refractivity contribution in [3.63, 3.8) is 0 Å². The second-order valence-corrected chi connectivity index (χ2v) is 2.78. The minimum Gasteiger partial charge on any atom is -0.275 e. The van der Waals surface area contributed by atoms with Crippen LogP contribution < -0.4 is 0 Å². The summed E-state index contributed by atoms with van der Waals surface area (Å²) in [7, 11) is 0. The van der Waals surface area contributed by atoms with Crippen LogP contribution in [0.15, 0.2) is 6.20 Å². The molecule has 0 aliphatic carbocycles. The zero-order chi connectivity index (χ0) is 11.6. The first-order valence-corrected chi connectivity index (χ1v) is 3.93. The van der Waals surface area contributed by atoms with Crippen molar-refractivity contribution in [3.05, 3.63) is 28.8 Å². The molecule has 15 heavy (non-hydrogen) atoms. The van der Waals surface area contributed by atoms with Crippen molar-refractivity contribution < 1.29 is 18.0 Å². The van der Waals surface area contributed by atoms with E-state index >= 15 is 0 Å². The molecule has 0 fully saturated rings. The van der Waals surface area contributed by atoms with Crippen LogP contribution in [0.4, 0.5) is 13.2 Å². The van der Waals surface area contributed by atoms with Crippen molar-refractivity contribution in [2.75, 3.05) is 0 Å². The number of alkyl halides is 2. The molecule has 0 amide bonds. The highest BCUT2D eigenvalue weighted by atomic mass is 35.5. The minimum atomic E-state index is -3.12. The zero-order valence-electron chi connectivity index (χ0n) is 6.97. The van der Waals surface area contributed by atoms with Gasteiger partial charge in [0.1, 0.15) is 17.4 Å². The van der Waals surface area contributed by atoms with Gasteiger partial charge in [-0.3, -0.25) is 4.79 Å². The van der Waals surface area contributed by atoms with E-state index in [1.807, 2.05) is 0 Å². The van der Waals surface area contributed by atoms with Crippen molar-refractivity contribution in [1.29, 1.82) is 5.26 Å². The number of aromatic nitrogens is 1. The highest BCUT2D eigenvalue weighted by Gasteiger charge is 2.24. The van der Waals surface area contributed by atoms with E-state index in [0.29, 0.717) is 6.20 Å². The second kappa shape index (κ2) is 4.28. The lowest BCUT2D eigenvalue weighted by Crippen LogP contribution is -2.06.